The molecule has 2 aliphatic heterocycles. The molecular weight excluding hydrogens is 318 g/mol. The van der Waals surface area contributed by atoms with Gasteiger partial charge in [0.25, 0.3) is 5.56 Å². The highest BCUT2D eigenvalue weighted by molar-refractivity contribution is 5.81. The molecule has 0 aliphatic carbocycles. The molecule has 0 fully saturated rings. The second kappa shape index (κ2) is 5.70. The van der Waals surface area contributed by atoms with Gasteiger partial charge < -0.3 is 9.13 Å². The van der Waals surface area contributed by atoms with Crippen LogP contribution in [0.15, 0.2) is 46.2 Å². The zero-order valence-corrected chi connectivity index (χ0v) is 14.0. The first-order valence-electron chi connectivity index (χ1n) is 8.05. The van der Waals surface area contributed by atoms with Crippen molar-refractivity contribution >= 4 is 11.0 Å². The average molecular weight is 335 g/mol. The predicted molar refractivity (Wildman–Crippen MR) is 94.9 cm³/mol. The first kappa shape index (κ1) is 15.3. The van der Waals surface area contributed by atoms with Gasteiger partial charge in [-0.3, -0.25) is 9.78 Å². The molecule has 126 valence electrons. The van der Waals surface area contributed by atoms with E-state index in [9.17, 15) is 9.59 Å². The van der Waals surface area contributed by atoms with Gasteiger partial charge in [0.05, 0.1) is 11.0 Å². The Labute approximate surface area is 142 Å². The minimum absolute atomic E-state index is 0.183. The van der Waals surface area contributed by atoms with Crippen molar-refractivity contribution in [3.63, 3.8) is 0 Å². The fourth-order valence-electron chi connectivity index (χ4n) is 3.01. The van der Waals surface area contributed by atoms with Crippen molar-refractivity contribution < 1.29 is 0 Å². The van der Waals surface area contributed by atoms with Crippen molar-refractivity contribution in [3.05, 3.63) is 68.6 Å². The van der Waals surface area contributed by atoms with Crippen molar-refractivity contribution in [2.45, 2.75) is 26.9 Å². The van der Waals surface area contributed by atoms with Crippen LogP contribution in [0.5, 0.6) is 0 Å². The molecule has 0 saturated heterocycles. The number of benzene rings is 1. The Bertz CT molecular complexity index is 1150. The Hall–Kier alpha value is -3.22. The molecule has 7 nitrogen and oxygen atoms in total. The molecule has 2 aliphatic rings. The molecule has 7 heteroatoms. The molecule has 25 heavy (non-hydrogen) atoms. The molecule has 0 amide bonds. The van der Waals surface area contributed by atoms with Crippen LogP contribution in [0, 0.1) is 13.8 Å². The van der Waals surface area contributed by atoms with E-state index in [2.05, 4.69) is 15.0 Å². The minimum Gasteiger partial charge on any atom is -0.352 e. The summed E-state index contributed by atoms with van der Waals surface area (Å²) in [7, 11) is 0. The van der Waals surface area contributed by atoms with Crippen molar-refractivity contribution in [2.75, 3.05) is 0 Å². The van der Waals surface area contributed by atoms with Crippen LogP contribution in [0.3, 0.4) is 0 Å². The van der Waals surface area contributed by atoms with Gasteiger partial charge in [-0.15, -0.1) is 0 Å². The molecule has 0 spiro atoms. The normalized spacial score (nSPS) is 11.4. The van der Waals surface area contributed by atoms with Gasteiger partial charge >= 0.3 is 5.69 Å². The summed E-state index contributed by atoms with van der Waals surface area (Å²) in [6, 6.07) is 7.90. The molecule has 0 atom stereocenters. The standard InChI is InChI=1S/C18H17N5O2/c1-11-9-13-14(10-12(11)2)23(8-7-22-5-3-4-6-22)16-15(19-13)17(24)21-18(25)20-16/h3-6,9-10H,7-8H2,1-2H3,(H,21,24,25). The lowest BCUT2D eigenvalue weighted by Crippen LogP contribution is -2.29. The molecule has 0 radical (unpaired) electrons. The second-order valence-electron chi connectivity index (χ2n) is 6.15. The second-order valence-corrected chi connectivity index (χ2v) is 6.15. The van der Waals surface area contributed by atoms with Crippen LogP contribution in [0.2, 0.25) is 0 Å². The number of rotatable bonds is 3. The third-order valence-electron chi connectivity index (χ3n) is 4.47. The van der Waals surface area contributed by atoms with E-state index in [-0.39, 0.29) is 5.69 Å². The predicted octanol–water partition coefficient (Wildman–Crippen LogP) is 1.70. The lowest BCUT2D eigenvalue weighted by atomic mass is 10.1. The lowest BCUT2D eigenvalue weighted by molar-refractivity contribution is 0.587. The quantitative estimate of drug-likeness (QED) is 0.578. The monoisotopic (exact) mass is 335 g/mol. The first-order valence-corrected chi connectivity index (χ1v) is 8.05. The molecule has 2 aromatic rings. The number of hydrogen-bond acceptors (Lipinski definition) is 4. The molecule has 4 rings (SSSR count). The highest BCUT2D eigenvalue weighted by Gasteiger charge is 2.19. The van der Waals surface area contributed by atoms with Crippen LogP contribution < -0.4 is 11.2 Å². The van der Waals surface area contributed by atoms with Gasteiger partial charge in [0.1, 0.15) is 0 Å². The number of aromatic nitrogens is 5. The summed E-state index contributed by atoms with van der Waals surface area (Å²) in [6.07, 6.45) is 3.95. The van der Waals surface area contributed by atoms with Crippen molar-refractivity contribution in [3.8, 4) is 11.5 Å². The van der Waals surface area contributed by atoms with Crippen molar-refractivity contribution in [1.29, 1.82) is 0 Å². The maximum atomic E-state index is 12.2. The van der Waals surface area contributed by atoms with Gasteiger partial charge in [-0.25, -0.2) is 9.78 Å². The van der Waals surface area contributed by atoms with E-state index in [1.807, 2.05) is 59.6 Å². The molecule has 0 unspecified atom stereocenters. The minimum atomic E-state index is -0.655. The Balaban J connectivity index is 2.01. The highest BCUT2D eigenvalue weighted by atomic mass is 16.2. The number of H-pyrrole nitrogens is 1. The lowest BCUT2D eigenvalue weighted by Gasteiger charge is -2.18. The number of aryl methyl sites for hydroxylation is 4. The van der Waals surface area contributed by atoms with Gasteiger partial charge in [0.15, 0.2) is 11.5 Å². The van der Waals surface area contributed by atoms with Gasteiger partial charge in [-0.2, -0.15) is 4.98 Å². The van der Waals surface area contributed by atoms with Crippen LogP contribution in [0.1, 0.15) is 11.1 Å². The van der Waals surface area contributed by atoms with E-state index >= 15 is 0 Å². The highest BCUT2D eigenvalue weighted by Crippen LogP contribution is 2.23. The van der Waals surface area contributed by atoms with Gasteiger partial charge in [0.2, 0.25) is 0 Å². The fraction of sp³-hybridized carbons (Fsp3) is 0.222. The molecule has 1 aromatic heterocycles. The summed E-state index contributed by atoms with van der Waals surface area (Å²) in [5.41, 5.74) is 2.82. The van der Waals surface area contributed by atoms with Crippen LogP contribution in [-0.4, -0.2) is 24.1 Å². The van der Waals surface area contributed by atoms with E-state index in [1.165, 1.54) is 0 Å². The summed E-state index contributed by atoms with van der Waals surface area (Å²) in [4.78, 5) is 34.6. The van der Waals surface area contributed by atoms with Crippen molar-refractivity contribution in [2.24, 2.45) is 0 Å². The van der Waals surface area contributed by atoms with Crippen LogP contribution in [-0.2, 0) is 13.1 Å². The molecule has 3 heterocycles. The maximum absolute atomic E-state index is 12.2. The Kier molecular flexibility index (Phi) is 3.49. The summed E-state index contributed by atoms with van der Waals surface area (Å²) in [5, 5.41) is 0. The summed E-state index contributed by atoms with van der Waals surface area (Å²) in [6.45, 7) is 5.30. The van der Waals surface area contributed by atoms with Gasteiger partial charge in [-0.05, 0) is 49.2 Å². The summed E-state index contributed by atoms with van der Waals surface area (Å²) >= 11 is 0. The van der Waals surface area contributed by atoms with Crippen LogP contribution >= 0.6 is 0 Å². The Morgan fingerprint density at radius 1 is 1.00 bits per heavy atom. The fourth-order valence-corrected chi connectivity index (χ4v) is 3.01. The van der Waals surface area contributed by atoms with E-state index in [1.54, 1.807) is 0 Å². The maximum Gasteiger partial charge on any atom is 0.349 e. The molecule has 0 saturated carbocycles. The number of nitrogens with one attached hydrogen (secondary N) is 1. The van der Waals surface area contributed by atoms with E-state index in [0.717, 1.165) is 16.6 Å². The Morgan fingerprint density at radius 3 is 2.48 bits per heavy atom. The summed E-state index contributed by atoms with van der Waals surface area (Å²) in [5.74, 6) is 0.316. The van der Waals surface area contributed by atoms with Gasteiger partial charge in [0, 0.05) is 25.5 Å². The van der Waals surface area contributed by atoms with E-state index in [4.69, 9.17) is 0 Å². The molecule has 1 aromatic carbocycles. The smallest absolute Gasteiger partial charge is 0.349 e. The first-order chi connectivity index (χ1) is 12.0. The third kappa shape index (κ3) is 2.63. The largest absolute Gasteiger partial charge is 0.352 e. The zero-order valence-electron chi connectivity index (χ0n) is 14.0. The third-order valence-corrected chi connectivity index (χ3v) is 4.47. The average Bonchev–Trinajstić information content (AvgIpc) is 3.07. The van der Waals surface area contributed by atoms with Gasteiger partial charge in [-0.1, -0.05) is 0 Å². The zero-order chi connectivity index (χ0) is 17.6. The van der Waals surface area contributed by atoms with E-state index in [0.29, 0.717) is 24.4 Å². The number of hydrogen-bond donors (Lipinski definition) is 1. The Morgan fingerprint density at radius 2 is 1.72 bits per heavy atom. The molecule has 1 N–H and O–H groups in total. The topological polar surface area (TPSA) is 85.6 Å². The number of fused-ring (bicyclic) bond motifs is 2. The van der Waals surface area contributed by atoms with Crippen LogP contribution in [0.4, 0.5) is 0 Å². The summed E-state index contributed by atoms with van der Waals surface area (Å²) < 4.78 is 3.94. The molecule has 0 bridgehead atoms. The number of aromatic amines is 1. The van der Waals surface area contributed by atoms with E-state index < -0.39 is 11.2 Å². The number of nitrogens with zero attached hydrogens (tertiary/aromatic N) is 4. The molecular formula is C18H17N5O2. The van der Waals surface area contributed by atoms with Crippen molar-refractivity contribution in [1.82, 2.24) is 24.1 Å². The SMILES string of the molecule is Cc1cc2nc3c(=O)[nH]c(=O)nc-3n(CCn3cccc3)c2cc1C. The van der Waals surface area contributed by atoms with Crippen LogP contribution in [0.25, 0.3) is 22.6 Å².